The Morgan fingerprint density at radius 1 is 1.33 bits per heavy atom. The normalized spacial score (nSPS) is 19.2. The van der Waals surface area contributed by atoms with E-state index in [0.29, 0.717) is 18.4 Å². The number of urea groups is 1. The first kappa shape index (κ1) is 13.1. The topological polar surface area (TPSA) is 99.5 Å². The fraction of sp³-hybridized carbons (Fsp3) is 0.286. The van der Waals surface area contributed by atoms with E-state index in [1.165, 1.54) is 25.3 Å². The summed E-state index contributed by atoms with van der Waals surface area (Å²) in [5, 5.41) is 11.1. The van der Waals surface area contributed by atoms with Crippen LogP contribution in [0.2, 0.25) is 0 Å². The third-order valence-corrected chi connectivity index (χ3v) is 3.77. The maximum atomic E-state index is 12.5. The summed E-state index contributed by atoms with van der Waals surface area (Å²) in [5.74, 6) is -0.858. The van der Waals surface area contributed by atoms with Crippen LogP contribution in [0.15, 0.2) is 18.2 Å². The first-order valence-corrected chi connectivity index (χ1v) is 6.31. The van der Waals surface area contributed by atoms with Crippen molar-refractivity contribution in [2.45, 2.75) is 12.8 Å². The van der Waals surface area contributed by atoms with Gasteiger partial charge in [0.2, 0.25) is 5.91 Å². The second-order valence-corrected chi connectivity index (χ2v) is 4.98. The van der Waals surface area contributed by atoms with Crippen molar-refractivity contribution in [2.75, 3.05) is 12.0 Å². The van der Waals surface area contributed by atoms with Gasteiger partial charge in [-0.3, -0.25) is 14.9 Å². The second kappa shape index (κ2) is 4.31. The van der Waals surface area contributed by atoms with Crippen LogP contribution in [0.1, 0.15) is 18.4 Å². The second-order valence-electron chi connectivity index (χ2n) is 4.98. The minimum atomic E-state index is -1.12. The highest BCUT2D eigenvalue weighted by Crippen LogP contribution is 2.50. The van der Waals surface area contributed by atoms with Gasteiger partial charge in [-0.15, -0.1) is 0 Å². The highest BCUT2D eigenvalue weighted by molar-refractivity contribution is 6.31. The van der Waals surface area contributed by atoms with Crippen LogP contribution in [-0.4, -0.2) is 25.0 Å². The van der Waals surface area contributed by atoms with Gasteiger partial charge in [-0.1, -0.05) is 0 Å². The molecular weight excluding hydrogens is 274 g/mol. The Balaban J connectivity index is 2.07. The Bertz CT molecular complexity index is 715. The van der Waals surface area contributed by atoms with Gasteiger partial charge in [-0.25, -0.2) is 9.69 Å². The lowest BCUT2D eigenvalue weighted by atomic mass is 10.0. The Morgan fingerprint density at radius 3 is 2.62 bits per heavy atom. The lowest BCUT2D eigenvalue weighted by Gasteiger charge is -2.30. The molecule has 1 saturated carbocycles. The molecule has 2 fully saturated rings. The predicted octanol–water partition coefficient (Wildman–Crippen LogP) is 0.930. The number of hydrogen-bond donors (Lipinski definition) is 1. The van der Waals surface area contributed by atoms with Crippen molar-refractivity contribution in [3.63, 3.8) is 0 Å². The van der Waals surface area contributed by atoms with Crippen LogP contribution in [0.25, 0.3) is 0 Å². The van der Waals surface area contributed by atoms with Crippen molar-refractivity contribution >= 4 is 23.5 Å². The number of imide groups is 2. The van der Waals surface area contributed by atoms with Crippen LogP contribution < -0.4 is 15.0 Å². The van der Waals surface area contributed by atoms with Gasteiger partial charge >= 0.3 is 6.03 Å². The number of nitrogens with one attached hydrogen (secondary N) is 1. The quantitative estimate of drug-likeness (QED) is 0.815. The Labute approximate surface area is 120 Å². The molecule has 0 atom stereocenters. The summed E-state index contributed by atoms with van der Waals surface area (Å²) in [6.07, 6.45) is 0.861. The maximum Gasteiger partial charge on any atom is 0.335 e. The molecule has 21 heavy (non-hydrogen) atoms. The van der Waals surface area contributed by atoms with E-state index >= 15 is 0 Å². The number of barbiturate groups is 1. The first-order valence-electron chi connectivity index (χ1n) is 6.31. The van der Waals surface area contributed by atoms with Gasteiger partial charge in [0, 0.05) is 6.07 Å². The number of benzene rings is 1. The molecule has 1 N–H and O–H groups in total. The monoisotopic (exact) mass is 285 g/mol. The molecule has 7 heteroatoms. The van der Waals surface area contributed by atoms with Gasteiger partial charge in [0.1, 0.15) is 11.2 Å². The molecule has 0 radical (unpaired) electrons. The zero-order valence-corrected chi connectivity index (χ0v) is 11.2. The number of rotatable bonds is 2. The van der Waals surface area contributed by atoms with Crippen molar-refractivity contribution < 1.29 is 19.1 Å². The Morgan fingerprint density at radius 2 is 2.05 bits per heavy atom. The van der Waals surface area contributed by atoms with E-state index in [9.17, 15) is 14.4 Å². The van der Waals surface area contributed by atoms with E-state index in [2.05, 4.69) is 5.32 Å². The molecule has 1 aliphatic heterocycles. The summed E-state index contributed by atoms with van der Waals surface area (Å²) < 4.78 is 5.14. The predicted molar refractivity (Wildman–Crippen MR) is 70.4 cm³/mol. The minimum absolute atomic E-state index is 0.220. The highest BCUT2D eigenvalue weighted by atomic mass is 16.5. The third kappa shape index (κ3) is 1.76. The molecule has 7 nitrogen and oxygen atoms in total. The van der Waals surface area contributed by atoms with Gasteiger partial charge in [-0.05, 0) is 25.0 Å². The fourth-order valence-corrected chi connectivity index (χ4v) is 2.39. The van der Waals surface area contributed by atoms with Gasteiger partial charge in [0.25, 0.3) is 5.91 Å². The number of nitriles is 1. The lowest BCUT2D eigenvalue weighted by molar-refractivity contribution is -0.136. The zero-order valence-electron chi connectivity index (χ0n) is 11.2. The van der Waals surface area contributed by atoms with Crippen molar-refractivity contribution in [3.05, 3.63) is 23.8 Å². The molecule has 106 valence electrons. The lowest BCUT2D eigenvalue weighted by Crippen LogP contribution is -2.59. The summed E-state index contributed by atoms with van der Waals surface area (Å²) in [7, 11) is 1.38. The average Bonchev–Trinajstić information content (AvgIpc) is 3.27. The van der Waals surface area contributed by atoms with E-state index in [4.69, 9.17) is 10.00 Å². The summed E-state index contributed by atoms with van der Waals surface area (Å²) in [6.45, 7) is 0. The molecule has 0 unspecified atom stereocenters. The number of ether oxygens (including phenoxy) is 1. The van der Waals surface area contributed by atoms with E-state index in [1.807, 2.05) is 6.07 Å². The van der Waals surface area contributed by atoms with Gasteiger partial charge in [-0.2, -0.15) is 5.26 Å². The molecule has 1 heterocycles. The molecule has 1 aromatic rings. The number of amides is 4. The maximum absolute atomic E-state index is 12.5. The smallest absolute Gasteiger partial charge is 0.335 e. The highest BCUT2D eigenvalue weighted by Gasteiger charge is 2.62. The van der Waals surface area contributed by atoms with Crippen molar-refractivity contribution in [1.82, 2.24) is 5.32 Å². The van der Waals surface area contributed by atoms with E-state index in [1.54, 1.807) is 0 Å². The third-order valence-electron chi connectivity index (χ3n) is 3.77. The van der Waals surface area contributed by atoms with Crippen LogP contribution >= 0.6 is 0 Å². The van der Waals surface area contributed by atoms with Crippen molar-refractivity contribution in [1.29, 1.82) is 5.26 Å². The molecule has 1 saturated heterocycles. The van der Waals surface area contributed by atoms with E-state index in [0.717, 1.165) is 4.90 Å². The molecule has 1 aliphatic carbocycles. The fourth-order valence-electron chi connectivity index (χ4n) is 2.39. The number of carbonyl (C=O) groups is 3. The standard InChI is InChI=1S/C14H11N3O4/c1-21-10-6-8(7-15)2-3-9(10)17-12(19)14(4-5-14)11(18)16-13(17)20/h2-3,6H,4-5H2,1H3,(H,16,18,20). The van der Waals surface area contributed by atoms with Gasteiger partial charge in [0.05, 0.1) is 24.4 Å². The molecule has 1 spiro atoms. The average molecular weight is 285 g/mol. The van der Waals surface area contributed by atoms with Crippen molar-refractivity contribution in [2.24, 2.45) is 5.41 Å². The molecule has 4 amide bonds. The molecule has 3 rings (SSSR count). The van der Waals surface area contributed by atoms with Gasteiger partial charge in [0.15, 0.2) is 0 Å². The number of methoxy groups -OCH3 is 1. The van der Waals surface area contributed by atoms with E-state index < -0.39 is 23.3 Å². The van der Waals surface area contributed by atoms with Gasteiger partial charge < -0.3 is 4.74 Å². The van der Waals surface area contributed by atoms with E-state index in [-0.39, 0.29) is 11.4 Å². The van der Waals surface area contributed by atoms with Crippen molar-refractivity contribution in [3.8, 4) is 11.8 Å². The van der Waals surface area contributed by atoms with Crippen LogP contribution in [0.5, 0.6) is 5.75 Å². The van der Waals surface area contributed by atoms with Crippen LogP contribution in [0, 0.1) is 16.7 Å². The minimum Gasteiger partial charge on any atom is -0.495 e. The Kier molecular flexibility index (Phi) is 2.69. The van der Waals surface area contributed by atoms with Crippen LogP contribution in [0.3, 0.4) is 0 Å². The molecule has 0 aromatic heterocycles. The number of hydrogen-bond acceptors (Lipinski definition) is 5. The SMILES string of the molecule is COc1cc(C#N)ccc1N1C(=O)NC(=O)C2(CC2)C1=O. The number of carbonyl (C=O) groups excluding carboxylic acids is 3. The molecule has 0 bridgehead atoms. The summed E-state index contributed by atoms with van der Waals surface area (Å²) >= 11 is 0. The largest absolute Gasteiger partial charge is 0.495 e. The summed E-state index contributed by atoms with van der Waals surface area (Å²) in [4.78, 5) is 37.2. The summed E-state index contributed by atoms with van der Waals surface area (Å²) in [6, 6.07) is 5.53. The zero-order chi connectivity index (χ0) is 15.2. The van der Waals surface area contributed by atoms with Crippen LogP contribution in [-0.2, 0) is 9.59 Å². The molecular formula is C14H11N3O4. The molecule has 2 aliphatic rings. The summed E-state index contributed by atoms with van der Waals surface area (Å²) in [5.41, 5.74) is -0.553. The number of nitrogens with zero attached hydrogens (tertiary/aromatic N) is 2. The Hall–Kier alpha value is -2.88. The first-order chi connectivity index (χ1) is 10.0. The molecule has 1 aromatic carbocycles. The number of anilines is 1. The van der Waals surface area contributed by atoms with Crippen LogP contribution in [0.4, 0.5) is 10.5 Å².